The molecule has 7 heteroatoms. The minimum Gasteiger partial charge on any atom is -0.399 e. The summed E-state index contributed by atoms with van der Waals surface area (Å²) < 4.78 is 27.3. The molecule has 1 aliphatic rings. The van der Waals surface area contributed by atoms with Crippen LogP contribution >= 0.6 is 11.6 Å². The lowest BCUT2D eigenvalue weighted by atomic mass is 9.97. The molecule has 0 radical (unpaired) electrons. The van der Waals surface area contributed by atoms with Gasteiger partial charge in [-0.2, -0.15) is 0 Å². The second-order valence-corrected chi connectivity index (χ2v) is 7.56. The fraction of sp³-hybridized carbons (Fsp3) is 0.571. The van der Waals surface area contributed by atoms with Crippen molar-refractivity contribution in [1.29, 1.82) is 0 Å². The van der Waals surface area contributed by atoms with E-state index in [1.54, 1.807) is 6.07 Å². The van der Waals surface area contributed by atoms with Crippen LogP contribution in [0, 0.1) is 5.92 Å². The summed E-state index contributed by atoms with van der Waals surface area (Å²) in [5, 5.41) is 0.192. The SMILES string of the molecule is CCN1CCC(CNS(=O)(=O)c2cc(N)ccc2Cl)CC1. The molecule has 118 valence electrons. The first-order valence-corrected chi connectivity index (χ1v) is 9.05. The van der Waals surface area contributed by atoms with E-state index in [1.807, 2.05) is 0 Å². The minimum atomic E-state index is -3.61. The van der Waals surface area contributed by atoms with E-state index in [0.29, 0.717) is 18.2 Å². The third kappa shape index (κ3) is 4.32. The first-order valence-electron chi connectivity index (χ1n) is 7.19. The highest BCUT2D eigenvalue weighted by Gasteiger charge is 2.22. The number of nitrogens with zero attached hydrogens (tertiary/aromatic N) is 1. The smallest absolute Gasteiger partial charge is 0.242 e. The number of halogens is 1. The van der Waals surface area contributed by atoms with Gasteiger partial charge in [0.05, 0.1) is 5.02 Å². The van der Waals surface area contributed by atoms with Crippen LogP contribution in [0.2, 0.25) is 5.02 Å². The second kappa shape index (κ2) is 6.96. The molecular formula is C14H22ClN3O2S. The Kier molecular flexibility index (Phi) is 5.48. The topological polar surface area (TPSA) is 75.4 Å². The van der Waals surface area contributed by atoms with E-state index >= 15 is 0 Å². The van der Waals surface area contributed by atoms with Crippen LogP contribution in [0.5, 0.6) is 0 Å². The van der Waals surface area contributed by atoms with Gasteiger partial charge in [-0.3, -0.25) is 0 Å². The molecule has 21 heavy (non-hydrogen) atoms. The second-order valence-electron chi connectivity index (χ2n) is 5.42. The maximum Gasteiger partial charge on any atom is 0.242 e. The van der Waals surface area contributed by atoms with Gasteiger partial charge >= 0.3 is 0 Å². The van der Waals surface area contributed by atoms with E-state index < -0.39 is 10.0 Å². The highest BCUT2D eigenvalue weighted by molar-refractivity contribution is 7.89. The summed E-state index contributed by atoms with van der Waals surface area (Å²) in [4.78, 5) is 2.43. The largest absolute Gasteiger partial charge is 0.399 e. The predicted molar refractivity (Wildman–Crippen MR) is 85.9 cm³/mol. The van der Waals surface area contributed by atoms with E-state index in [-0.39, 0.29) is 9.92 Å². The number of hydrogen-bond acceptors (Lipinski definition) is 4. The van der Waals surface area contributed by atoms with Gasteiger partial charge in [-0.25, -0.2) is 13.1 Å². The summed E-state index contributed by atoms with van der Waals surface area (Å²) in [5.74, 6) is 0.377. The van der Waals surface area contributed by atoms with Gasteiger partial charge in [0.2, 0.25) is 10.0 Å². The Morgan fingerprint density at radius 1 is 1.38 bits per heavy atom. The van der Waals surface area contributed by atoms with Crippen molar-refractivity contribution < 1.29 is 8.42 Å². The molecule has 0 bridgehead atoms. The van der Waals surface area contributed by atoms with Crippen LogP contribution in [-0.2, 0) is 10.0 Å². The third-order valence-electron chi connectivity index (χ3n) is 3.96. The van der Waals surface area contributed by atoms with E-state index in [0.717, 1.165) is 32.5 Å². The van der Waals surface area contributed by atoms with Crippen molar-refractivity contribution in [3.63, 3.8) is 0 Å². The van der Waals surface area contributed by atoms with Crippen molar-refractivity contribution in [2.24, 2.45) is 5.92 Å². The Bertz CT molecular complexity index is 584. The molecule has 0 aliphatic carbocycles. The van der Waals surface area contributed by atoms with Crippen LogP contribution < -0.4 is 10.5 Å². The van der Waals surface area contributed by atoms with E-state index in [9.17, 15) is 8.42 Å². The number of benzene rings is 1. The van der Waals surface area contributed by atoms with Gasteiger partial charge in [0, 0.05) is 12.2 Å². The average Bonchev–Trinajstić information content (AvgIpc) is 2.48. The number of anilines is 1. The highest BCUT2D eigenvalue weighted by Crippen LogP contribution is 2.24. The zero-order valence-corrected chi connectivity index (χ0v) is 13.8. The Hall–Kier alpha value is -0.820. The number of piperidine rings is 1. The summed E-state index contributed by atoms with van der Waals surface area (Å²) in [5.41, 5.74) is 6.02. The molecule has 2 rings (SSSR count). The molecule has 1 aromatic rings. The monoisotopic (exact) mass is 331 g/mol. The summed E-state index contributed by atoms with van der Waals surface area (Å²) in [6, 6.07) is 4.48. The van der Waals surface area contributed by atoms with Crippen LogP contribution in [0.1, 0.15) is 19.8 Å². The van der Waals surface area contributed by atoms with Crippen molar-refractivity contribution in [3.05, 3.63) is 23.2 Å². The maximum absolute atomic E-state index is 12.3. The van der Waals surface area contributed by atoms with Crippen LogP contribution in [0.3, 0.4) is 0 Å². The van der Waals surface area contributed by atoms with Gasteiger partial charge in [0.1, 0.15) is 4.90 Å². The van der Waals surface area contributed by atoms with Crippen LogP contribution in [0.25, 0.3) is 0 Å². The van der Waals surface area contributed by atoms with Crippen molar-refractivity contribution in [2.45, 2.75) is 24.7 Å². The molecule has 0 amide bonds. The Morgan fingerprint density at radius 3 is 2.67 bits per heavy atom. The van der Waals surface area contributed by atoms with Crippen molar-refractivity contribution in [1.82, 2.24) is 9.62 Å². The highest BCUT2D eigenvalue weighted by atomic mass is 35.5. The molecule has 0 aromatic heterocycles. The quantitative estimate of drug-likeness (QED) is 0.808. The molecule has 3 N–H and O–H groups in total. The van der Waals surface area contributed by atoms with Gasteiger partial charge in [0.25, 0.3) is 0 Å². The normalized spacial score (nSPS) is 18.0. The molecule has 5 nitrogen and oxygen atoms in total. The molecule has 1 aliphatic heterocycles. The standard InChI is InChI=1S/C14H22ClN3O2S/c1-2-18-7-5-11(6-8-18)10-17-21(19,20)14-9-12(16)3-4-13(14)15/h3-4,9,11,17H,2,5-8,10,16H2,1H3. The van der Waals surface area contributed by atoms with Gasteiger partial charge in [-0.1, -0.05) is 18.5 Å². The molecule has 0 saturated carbocycles. The molecule has 1 heterocycles. The number of hydrogen-bond donors (Lipinski definition) is 2. The number of nitrogen functional groups attached to an aromatic ring is 1. The number of nitrogens with two attached hydrogens (primary N) is 1. The van der Waals surface area contributed by atoms with E-state index in [4.69, 9.17) is 17.3 Å². The molecule has 0 atom stereocenters. The lowest BCUT2D eigenvalue weighted by molar-refractivity contribution is 0.194. The zero-order chi connectivity index (χ0) is 15.5. The van der Waals surface area contributed by atoms with Crippen molar-refractivity contribution >= 4 is 27.3 Å². The Morgan fingerprint density at radius 2 is 2.05 bits per heavy atom. The zero-order valence-electron chi connectivity index (χ0n) is 12.2. The maximum atomic E-state index is 12.3. The molecule has 1 aromatic carbocycles. The predicted octanol–water partition coefficient (Wildman–Crippen LogP) is 1.93. The molecule has 1 saturated heterocycles. The van der Waals surface area contributed by atoms with E-state index in [1.165, 1.54) is 12.1 Å². The minimum absolute atomic E-state index is 0.0511. The molecular weight excluding hydrogens is 310 g/mol. The fourth-order valence-corrected chi connectivity index (χ4v) is 4.19. The van der Waals surface area contributed by atoms with Gasteiger partial charge in [-0.15, -0.1) is 0 Å². The van der Waals surface area contributed by atoms with Crippen LogP contribution in [0.15, 0.2) is 23.1 Å². The molecule has 0 spiro atoms. The summed E-state index contributed by atoms with van der Waals surface area (Å²) in [7, 11) is -3.61. The van der Waals surface area contributed by atoms with E-state index in [2.05, 4.69) is 16.5 Å². The number of sulfonamides is 1. The molecule has 0 unspecified atom stereocenters. The first kappa shape index (κ1) is 16.5. The van der Waals surface area contributed by atoms with Gasteiger partial charge in [0.15, 0.2) is 0 Å². The Labute approximate surface area is 131 Å². The summed E-state index contributed by atoms with van der Waals surface area (Å²) in [6.07, 6.45) is 2.03. The summed E-state index contributed by atoms with van der Waals surface area (Å²) >= 11 is 5.96. The first-order chi connectivity index (χ1) is 9.92. The fourth-order valence-electron chi connectivity index (χ4n) is 2.54. The van der Waals surface area contributed by atoms with Crippen LogP contribution in [-0.4, -0.2) is 39.5 Å². The van der Waals surface area contributed by atoms with Crippen LogP contribution in [0.4, 0.5) is 5.69 Å². The Balaban J connectivity index is 1.97. The third-order valence-corrected chi connectivity index (χ3v) is 5.87. The van der Waals surface area contributed by atoms with Gasteiger partial charge in [-0.05, 0) is 56.6 Å². The lowest BCUT2D eigenvalue weighted by Gasteiger charge is -2.31. The molecule has 1 fully saturated rings. The lowest BCUT2D eigenvalue weighted by Crippen LogP contribution is -2.38. The number of nitrogens with one attached hydrogen (secondary N) is 1. The number of rotatable bonds is 5. The number of likely N-dealkylation sites (tertiary alicyclic amines) is 1. The van der Waals surface area contributed by atoms with Crippen molar-refractivity contribution in [2.75, 3.05) is 31.9 Å². The average molecular weight is 332 g/mol. The van der Waals surface area contributed by atoms with Gasteiger partial charge < -0.3 is 10.6 Å². The van der Waals surface area contributed by atoms with Crippen molar-refractivity contribution in [3.8, 4) is 0 Å². The summed E-state index contributed by atoms with van der Waals surface area (Å²) in [6.45, 7) is 5.71.